The first-order chi connectivity index (χ1) is 9.53. The summed E-state index contributed by atoms with van der Waals surface area (Å²) in [6.45, 7) is 0.171. The van der Waals surface area contributed by atoms with E-state index < -0.39 is 10.0 Å². The van der Waals surface area contributed by atoms with Crippen LogP contribution in [0.2, 0.25) is 0 Å². The van der Waals surface area contributed by atoms with Crippen molar-refractivity contribution in [2.24, 2.45) is 0 Å². The fourth-order valence-electron chi connectivity index (χ4n) is 1.78. The van der Waals surface area contributed by atoms with Gasteiger partial charge in [0, 0.05) is 7.05 Å². The van der Waals surface area contributed by atoms with Crippen molar-refractivity contribution in [3.63, 3.8) is 0 Å². The molecule has 20 heavy (non-hydrogen) atoms. The zero-order chi connectivity index (χ0) is 14.6. The molecule has 0 aliphatic carbocycles. The molecule has 0 N–H and O–H groups in total. The smallest absolute Gasteiger partial charge is 0.218 e. The molecule has 0 amide bonds. The second-order valence-electron chi connectivity index (χ2n) is 4.36. The summed E-state index contributed by atoms with van der Waals surface area (Å²) in [6, 6.07) is 12.1. The monoisotopic (exact) mass is 290 g/mol. The fraction of sp³-hybridized carbons (Fsp3) is 0.214. The largest absolute Gasteiger partial charge is 0.468 e. The summed E-state index contributed by atoms with van der Waals surface area (Å²) < 4.78 is 30.9. The molecule has 1 aromatic heterocycles. The van der Waals surface area contributed by atoms with Gasteiger partial charge in [-0.25, -0.2) is 8.42 Å². The maximum absolute atomic E-state index is 12.3. The number of hydrogen-bond donors (Lipinski definition) is 0. The van der Waals surface area contributed by atoms with Gasteiger partial charge in [-0.2, -0.15) is 9.57 Å². The van der Waals surface area contributed by atoms with Gasteiger partial charge in [0.2, 0.25) is 10.0 Å². The molecule has 0 unspecified atom stereocenters. The molecule has 2 rings (SSSR count). The van der Waals surface area contributed by atoms with E-state index in [-0.39, 0.29) is 12.3 Å². The molecule has 0 atom stereocenters. The van der Waals surface area contributed by atoms with Crippen LogP contribution in [-0.2, 0) is 22.3 Å². The van der Waals surface area contributed by atoms with Crippen molar-refractivity contribution in [3.05, 3.63) is 59.5 Å². The molecule has 0 saturated carbocycles. The zero-order valence-corrected chi connectivity index (χ0v) is 11.8. The second kappa shape index (κ2) is 5.90. The maximum Gasteiger partial charge on any atom is 0.218 e. The van der Waals surface area contributed by atoms with Crippen molar-refractivity contribution in [2.75, 3.05) is 7.05 Å². The Morgan fingerprint density at radius 1 is 1.25 bits per heavy atom. The number of benzene rings is 1. The third-order valence-corrected chi connectivity index (χ3v) is 4.66. The molecule has 1 aromatic carbocycles. The molecule has 0 saturated heterocycles. The van der Waals surface area contributed by atoms with Gasteiger partial charge in [0.25, 0.3) is 0 Å². The minimum Gasteiger partial charge on any atom is -0.468 e. The molecule has 6 heteroatoms. The SMILES string of the molecule is CN(Cc1ccco1)S(=O)(=O)Cc1ccccc1C#N. The van der Waals surface area contributed by atoms with Gasteiger partial charge in [0.15, 0.2) is 0 Å². The number of nitriles is 1. The van der Waals surface area contributed by atoms with Crippen molar-refractivity contribution >= 4 is 10.0 Å². The van der Waals surface area contributed by atoms with Crippen LogP contribution in [-0.4, -0.2) is 19.8 Å². The molecular formula is C14H14N2O3S. The lowest BCUT2D eigenvalue weighted by atomic mass is 10.1. The Kier molecular flexibility index (Phi) is 4.23. The molecule has 2 aromatic rings. The Balaban J connectivity index is 2.17. The van der Waals surface area contributed by atoms with E-state index in [1.54, 1.807) is 36.4 Å². The number of rotatable bonds is 5. The summed E-state index contributed by atoms with van der Waals surface area (Å²) >= 11 is 0. The normalized spacial score (nSPS) is 11.4. The second-order valence-corrected chi connectivity index (χ2v) is 6.44. The Morgan fingerprint density at radius 2 is 2.00 bits per heavy atom. The van der Waals surface area contributed by atoms with E-state index in [2.05, 4.69) is 0 Å². The minimum absolute atomic E-state index is 0.171. The maximum atomic E-state index is 12.3. The average Bonchev–Trinajstić information content (AvgIpc) is 2.92. The Bertz CT molecular complexity index is 715. The number of hydrogen-bond acceptors (Lipinski definition) is 4. The van der Waals surface area contributed by atoms with Crippen molar-refractivity contribution in [1.82, 2.24) is 4.31 Å². The Hall–Kier alpha value is -2.10. The van der Waals surface area contributed by atoms with Crippen LogP contribution in [0.4, 0.5) is 0 Å². The van der Waals surface area contributed by atoms with E-state index in [4.69, 9.17) is 9.68 Å². The first-order valence-corrected chi connectivity index (χ1v) is 7.58. The van der Waals surface area contributed by atoms with Gasteiger partial charge in [-0.1, -0.05) is 18.2 Å². The average molecular weight is 290 g/mol. The Labute approximate surface area is 118 Å². The summed E-state index contributed by atoms with van der Waals surface area (Å²) in [4.78, 5) is 0. The standard InChI is InChI=1S/C14H14N2O3S/c1-16(10-14-7-4-8-19-14)20(17,18)11-13-6-3-2-5-12(13)9-15/h2-8H,10-11H2,1H3. The topological polar surface area (TPSA) is 74.3 Å². The van der Waals surface area contributed by atoms with Crippen molar-refractivity contribution < 1.29 is 12.8 Å². The first kappa shape index (κ1) is 14.3. The van der Waals surface area contributed by atoms with Crippen LogP contribution < -0.4 is 0 Å². The highest BCUT2D eigenvalue weighted by Gasteiger charge is 2.21. The van der Waals surface area contributed by atoms with Crippen molar-refractivity contribution in [2.45, 2.75) is 12.3 Å². The molecule has 0 spiro atoms. The van der Waals surface area contributed by atoms with Gasteiger partial charge in [0.05, 0.1) is 30.2 Å². The summed E-state index contributed by atoms with van der Waals surface area (Å²) in [7, 11) is -2.01. The van der Waals surface area contributed by atoms with Crippen LogP contribution in [0.25, 0.3) is 0 Å². The van der Waals surface area contributed by atoms with Gasteiger partial charge in [-0.15, -0.1) is 0 Å². The predicted molar refractivity (Wildman–Crippen MR) is 74.0 cm³/mol. The first-order valence-electron chi connectivity index (χ1n) is 5.97. The van der Waals surface area contributed by atoms with Gasteiger partial charge in [-0.3, -0.25) is 0 Å². The lowest BCUT2D eigenvalue weighted by molar-refractivity contribution is 0.406. The third-order valence-electron chi connectivity index (χ3n) is 2.91. The molecule has 104 valence electrons. The van der Waals surface area contributed by atoms with Gasteiger partial charge >= 0.3 is 0 Å². The van der Waals surface area contributed by atoms with Crippen LogP contribution in [0.3, 0.4) is 0 Å². The number of nitrogens with zero attached hydrogens (tertiary/aromatic N) is 2. The number of sulfonamides is 1. The highest BCUT2D eigenvalue weighted by atomic mass is 32.2. The molecule has 0 aliphatic heterocycles. The summed E-state index contributed by atoms with van der Waals surface area (Å²) in [5, 5.41) is 8.99. The van der Waals surface area contributed by atoms with E-state index >= 15 is 0 Å². The minimum atomic E-state index is -3.50. The van der Waals surface area contributed by atoms with E-state index in [9.17, 15) is 8.42 Å². The summed E-state index contributed by atoms with van der Waals surface area (Å²) in [5.74, 6) is 0.373. The Morgan fingerprint density at radius 3 is 2.65 bits per heavy atom. The van der Waals surface area contributed by atoms with E-state index in [0.717, 1.165) is 0 Å². The van der Waals surface area contributed by atoms with Crippen LogP contribution in [0.5, 0.6) is 0 Å². The quantitative estimate of drug-likeness (QED) is 0.845. The molecule has 0 aliphatic rings. The van der Waals surface area contributed by atoms with Crippen molar-refractivity contribution in [3.8, 4) is 6.07 Å². The summed E-state index contributed by atoms with van der Waals surface area (Å²) in [5.41, 5.74) is 0.878. The molecule has 1 heterocycles. The van der Waals surface area contributed by atoms with Gasteiger partial charge in [-0.05, 0) is 23.8 Å². The number of furan rings is 1. The van der Waals surface area contributed by atoms with Crippen molar-refractivity contribution in [1.29, 1.82) is 5.26 Å². The lowest BCUT2D eigenvalue weighted by Gasteiger charge is -2.16. The van der Waals surface area contributed by atoms with Crippen LogP contribution >= 0.6 is 0 Å². The van der Waals surface area contributed by atoms with Crippen LogP contribution in [0, 0.1) is 11.3 Å². The van der Waals surface area contributed by atoms with Gasteiger partial charge < -0.3 is 4.42 Å². The van der Waals surface area contributed by atoms with Gasteiger partial charge in [0.1, 0.15) is 5.76 Å². The van der Waals surface area contributed by atoms with Crippen LogP contribution in [0.1, 0.15) is 16.9 Å². The predicted octanol–water partition coefficient (Wildman–Crippen LogP) is 2.11. The zero-order valence-electron chi connectivity index (χ0n) is 11.0. The highest BCUT2D eigenvalue weighted by molar-refractivity contribution is 7.88. The molecule has 0 radical (unpaired) electrons. The molecule has 5 nitrogen and oxygen atoms in total. The third kappa shape index (κ3) is 3.26. The highest BCUT2D eigenvalue weighted by Crippen LogP contribution is 2.16. The van der Waals surface area contributed by atoms with Crippen LogP contribution in [0.15, 0.2) is 47.1 Å². The van der Waals surface area contributed by atoms with E-state index in [0.29, 0.717) is 16.9 Å². The van der Waals surface area contributed by atoms with E-state index in [1.165, 1.54) is 17.6 Å². The van der Waals surface area contributed by atoms with E-state index in [1.807, 2.05) is 6.07 Å². The lowest BCUT2D eigenvalue weighted by Crippen LogP contribution is -2.27. The molecule has 0 fully saturated rings. The fourth-order valence-corrected chi connectivity index (χ4v) is 2.97. The molecular weight excluding hydrogens is 276 g/mol. The summed E-state index contributed by atoms with van der Waals surface area (Å²) in [6.07, 6.45) is 1.50. The molecule has 0 bridgehead atoms.